The third-order valence-electron chi connectivity index (χ3n) is 7.53. The van der Waals surface area contributed by atoms with Crippen LogP contribution in [0.4, 0.5) is 11.8 Å². The van der Waals surface area contributed by atoms with E-state index < -0.39 is 72.2 Å². The number of hydrogen-bond donors (Lipinski definition) is 5. The Balaban J connectivity index is 1.21. The number of H-pyrrole nitrogens is 1. The lowest BCUT2D eigenvalue weighted by Crippen LogP contribution is -2.43. The van der Waals surface area contributed by atoms with Crippen LogP contribution in [0.5, 0.6) is 0 Å². The number of imidazole rings is 2. The zero-order valence-electron chi connectivity index (χ0n) is 23.1. The summed E-state index contributed by atoms with van der Waals surface area (Å²) < 4.78 is 66.6. The van der Waals surface area contributed by atoms with Crippen LogP contribution < -0.4 is 21.7 Å². The first-order chi connectivity index (χ1) is 21.4. The Morgan fingerprint density at radius 2 is 1.87 bits per heavy atom. The Kier molecular flexibility index (Phi) is 7.60. The van der Waals surface area contributed by atoms with E-state index in [0.29, 0.717) is 11.2 Å². The summed E-state index contributed by atoms with van der Waals surface area (Å²) in [7, 11) is -3.08. The molecule has 7 N–H and O–H groups in total. The number of nitrogens with zero attached hydrogens (tertiary/aromatic N) is 7. The average molecular weight is 688 g/mol. The molecule has 0 aromatic carbocycles. The Morgan fingerprint density at radius 1 is 1.09 bits per heavy atom. The van der Waals surface area contributed by atoms with Gasteiger partial charge < -0.3 is 35.1 Å². The number of fused-ring (bicyclic) bond motifs is 5. The van der Waals surface area contributed by atoms with E-state index in [4.69, 9.17) is 50.7 Å². The molecule has 4 aromatic heterocycles. The highest BCUT2D eigenvalue weighted by molar-refractivity contribution is 8.07. The van der Waals surface area contributed by atoms with Crippen molar-refractivity contribution in [3.05, 3.63) is 29.3 Å². The number of methoxy groups -OCH3 is 1. The summed E-state index contributed by atoms with van der Waals surface area (Å²) in [5, 5.41) is 0. The SMILES string of the molecule is CO[C@H]1[C@H]2OP(O)(=S)OC[C@H]3OC(n4cnc5c(N)ncnc54)C[C@@H]3OS(=O)(=O)NC[C@H]1O[C@H]2n1cnc2c(=O)[nH]c(N)nc21. The van der Waals surface area contributed by atoms with Crippen molar-refractivity contribution in [3.63, 3.8) is 0 Å². The molecule has 3 saturated heterocycles. The zero-order chi connectivity index (χ0) is 31.7. The number of nitrogens with one attached hydrogen (secondary N) is 2. The highest BCUT2D eigenvalue weighted by Crippen LogP contribution is 2.51. The van der Waals surface area contributed by atoms with Crippen molar-refractivity contribution in [1.82, 2.24) is 43.8 Å². The summed E-state index contributed by atoms with van der Waals surface area (Å²) in [6.45, 7) is -4.88. The van der Waals surface area contributed by atoms with Gasteiger partial charge in [-0.2, -0.15) is 18.1 Å². The van der Waals surface area contributed by atoms with E-state index in [2.05, 4.69) is 34.6 Å². The van der Waals surface area contributed by atoms with Gasteiger partial charge in [0.15, 0.2) is 28.9 Å². The quantitative estimate of drug-likeness (QED) is 0.148. The normalized spacial score (nSPS) is 33.9. The van der Waals surface area contributed by atoms with Crippen LogP contribution >= 0.6 is 6.72 Å². The molecule has 45 heavy (non-hydrogen) atoms. The lowest BCUT2D eigenvalue weighted by atomic mass is 10.1. The summed E-state index contributed by atoms with van der Waals surface area (Å²) in [6.07, 6.45) is -3.34. The molecule has 0 saturated carbocycles. The number of aromatic nitrogens is 8. The Morgan fingerprint density at radius 3 is 2.67 bits per heavy atom. The molecule has 7 heterocycles. The second-order valence-electron chi connectivity index (χ2n) is 10.3. The van der Waals surface area contributed by atoms with Gasteiger partial charge in [0.2, 0.25) is 5.95 Å². The molecule has 7 rings (SSSR count). The van der Waals surface area contributed by atoms with Gasteiger partial charge in [-0.1, -0.05) is 0 Å². The molecule has 0 spiro atoms. The molecule has 2 unspecified atom stereocenters. The van der Waals surface area contributed by atoms with E-state index in [9.17, 15) is 18.1 Å². The maximum atomic E-state index is 13.2. The monoisotopic (exact) mass is 687 g/mol. The molecular weight excluding hydrogens is 661 g/mol. The minimum Gasteiger partial charge on any atom is -0.382 e. The second-order valence-corrected chi connectivity index (χ2v) is 14.4. The summed E-state index contributed by atoms with van der Waals surface area (Å²) in [5.41, 5.74) is 11.7. The minimum atomic E-state index is -4.43. The fourth-order valence-corrected chi connectivity index (χ4v) is 7.93. The van der Waals surface area contributed by atoms with Gasteiger partial charge in [-0.25, -0.2) is 19.9 Å². The van der Waals surface area contributed by atoms with Gasteiger partial charge in [0, 0.05) is 20.1 Å². The maximum absolute atomic E-state index is 13.2. The molecule has 0 aliphatic carbocycles. The smallest absolute Gasteiger partial charge is 0.336 e. The van der Waals surface area contributed by atoms with Gasteiger partial charge in [0.25, 0.3) is 5.56 Å². The zero-order valence-corrected chi connectivity index (χ0v) is 25.6. The number of anilines is 2. The van der Waals surface area contributed by atoms with Crippen LogP contribution in [-0.4, -0.2) is 103 Å². The molecule has 2 bridgehead atoms. The summed E-state index contributed by atoms with van der Waals surface area (Å²) in [6, 6.07) is 0. The number of nitrogens with two attached hydrogens (primary N) is 2. The lowest BCUT2D eigenvalue weighted by Gasteiger charge is -2.28. The third kappa shape index (κ3) is 5.59. The molecule has 21 nitrogen and oxygen atoms in total. The molecule has 3 aliphatic heterocycles. The molecule has 24 heteroatoms. The summed E-state index contributed by atoms with van der Waals surface area (Å²) >= 11 is 5.35. The molecular formula is C21H26N11O10PS2. The fraction of sp³-hybridized carbons (Fsp3) is 0.524. The van der Waals surface area contributed by atoms with E-state index in [1.165, 1.54) is 30.7 Å². The van der Waals surface area contributed by atoms with Crippen LogP contribution in [0.2, 0.25) is 0 Å². The molecule has 0 amide bonds. The van der Waals surface area contributed by atoms with Gasteiger partial charge in [-0.15, -0.1) is 0 Å². The van der Waals surface area contributed by atoms with E-state index in [1.54, 1.807) is 4.57 Å². The van der Waals surface area contributed by atoms with Crippen molar-refractivity contribution in [2.24, 2.45) is 0 Å². The topological polar surface area (TPSA) is 281 Å². The number of rotatable bonds is 3. The molecule has 8 atom stereocenters. The number of ether oxygens (including phenoxy) is 3. The molecule has 3 aliphatic rings. The Labute approximate surface area is 257 Å². The Hall–Kier alpha value is -3.22. The first kappa shape index (κ1) is 30.4. The van der Waals surface area contributed by atoms with Crippen molar-refractivity contribution in [2.75, 3.05) is 31.7 Å². The van der Waals surface area contributed by atoms with Crippen molar-refractivity contribution >= 4 is 62.9 Å². The van der Waals surface area contributed by atoms with E-state index in [-0.39, 0.29) is 35.9 Å². The van der Waals surface area contributed by atoms with E-state index in [0.717, 1.165) is 0 Å². The second kappa shape index (κ2) is 11.2. The predicted molar refractivity (Wildman–Crippen MR) is 155 cm³/mol. The Bertz CT molecular complexity index is 1990. The van der Waals surface area contributed by atoms with Gasteiger partial charge >= 0.3 is 17.0 Å². The lowest BCUT2D eigenvalue weighted by molar-refractivity contribution is -0.0486. The fourth-order valence-electron chi connectivity index (χ4n) is 5.56. The van der Waals surface area contributed by atoms with Crippen LogP contribution in [-0.2, 0) is 49.6 Å². The maximum Gasteiger partial charge on any atom is 0.336 e. The molecule has 242 valence electrons. The minimum absolute atomic E-state index is 0.0216. The van der Waals surface area contributed by atoms with E-state index in [1.807, 2.05) is 0 Å². The number of hydrogen-bond acceptors (Lipinski definition) is 17. The van der Waals surface area contributed by atoms with Crippen LogP contribution in [0.1, 0.15) is 18.9 Å². The average Bonchev–Trinajstić information content (AvgIpc) is 3.74. The summed E-state index contributed by atoms with van der Waals surface area (Å²) in [5.74, 6) is -0.0284. The molecule has 4 aromatic rings. The third-order valence-corrected chi connectivity index (χ3v) is 10.1. The number of nitrogen functional groups attached to an aromatic ring is 2. The number of aromatic amines is 1. The van der Waals surface area contributed by atoms with Gasteiger partial charge in [0.1, 0.15) is 48.6 Å². The van der Waals surface area contributed by atoms with Gasteiger partial charge in [-0.3, -0.25) is 27.6 Å². The highest BCUT2D eigenvalue weighted by Gasteiger charge is 2.51. The van der Waals surface area contributed by atoms with Crippen LogP contribution in [0.25, 0.3) is 22.3 Å². The van der Waals surface area contributed by atoms with Crippen LogP contribution in [0, 0.1) is 0 Å². The van der Waals surface area contributed by atoms with Crippen LogP contribution in [0.15, 0.2) is 23.8 Å². The largest absolute Gasteiger partial charge is 0.382 e. The van der Waals surface area contributed by atoms with Crippen molar-refractivity contribution < 1.29 is 40.8 Å². The molecule has 3 fully saturated rings. The summed E-state index contributed by atoms with van der Waals surface area (Å²) in [4.78, 5) is 46.5. The predicted octanol–water partition coefficient (Wildman–Crippen LogP) is -1.82. The van der Waals surface area contributed by atoms with Crippen LogP contribution in [0.3, 0.4) is 0 Å². The van der Waals surface area contributed by atoms with Crippen molar-refractivity contribution in [1.29, 1.82) is 0 Å². The highest BCUT2D eigenvalue weighted by atomic mass is 32.5. The first-order valence-electron chi connectivity index (χ1n) is 13.3. The van der Waals surface area contributed by atoms with E-state index >= 15 is 0 Å². The van der Waals surface area contributed by atoms with Gasteiger partial charge in [0.05, 0.1) is 19.3 Å². The van der Waals surface area contributed by atoms with Gasteiger partial charge in [-0.05, 0) is 11.8 Å². The first-order valence-corrected chi connectivity index (χ1v) is 17.3. The van der Waals surface area contributed by atoms with Crippen molar-refractivity contribution in [3.8, 4) is 0 Å². The molecule has 0 radical (unpaired) electrons. The standard InChI is InChI=1S/C21H26N11O10PS2/c1-37-14-9-3-28-45(35,36)42-8-2-11(31-6-26-12-16(22)24-5-25-17(12)31)39-10(8)4-38-43(34,44)41-15(14)20(40-9)32-7-27-13-18(32)29-21(23)30-19(13)33/h5-11,14-15,20,28H,2-4H2,1H3,(H,34,44)(H2,22,24,25)(H3,23,29,30,33)/t8-,9+,10+,11?,14+,15+,20+,43?/m0/s1. The van der Waals surface area contributed by atoms with Crippen molar-refractivity contribution in [2.45, 2.75) is 49.4 Å².